The van der Waals surface area contributed by atoms with E-state index in [2.05, 4.69) is 50.5 Å². The topological polar surface area (TPSA) is 60.7 Å². The molecule has 0 amide bonds. The van der Waals surface area contributed by atoms with Crippen molar-refractivity contribution >= 4 is 0 Å². The summed E-state index contributed by atoms with van der Waals surface area (Å²) in [4.78, 5) is 0. The number of unbranched alkanes of at least 4 members (excludes halogenated alkanes) is 1. The summed E-state index contributed by atoms with van der Waals surface area (Å²) in [5, 5.41) is 29.2. The first-order chi connectivity index (χ1) is 13.5. The molecule has 0 aromatic heterocycles. The van der Waals surface area contributed by atoms with Crippen LogP contribution < -0.4 is 0 Å². The predicted molar refractivity (Wildman–Crippen MR) is 119 cm³/mol. The summed E-state index contributed by atoms with van der Waals surface area (Å²) >= 11 is 0. The van der Waals surface area contributed by atoms with Gasteiger partial charge in [-0.1, -0.05) is 62.6 Å². The zero-order valence-corrected chi connectivity index (χ0v) is 17.8. The second-order valence-corrected chi connectivity index (χ2v) is 8.31. The molecule has 3 nitrogen and oxygen atoms in total. The van der Waals surface area contributed by atoms with Crippen LogP contribution in [0.5, 0.6) is 0 Å². The van der Waals surface area contributed by atoms with Crippen LogP contribution in [0.1, 0.15) is 71.1 Å². The van der Waals surface area contributed by atoms with E-state index in [4.69, 9.17) is 0 Å². The SMILES string of the molecule is C=C[C@H](C/C=C/[C@H]1CCC[C@@H]1C/C=C\CCC(O)C(O)(C=C)CO)CCCC. The summed E-state index contributed by atoms with van der Waals surface area (Å²) in [7, 11) is 0. The number of hydrogen-bond acceptors (Lipinski definition) is 3. The Morgan fingerprint density at radius 1 is 1.14 bits per heavy atom. The first-order valence-electron chi connectivity index (χ1n) is 11.1. The van der Waals surface area contributed by atoms with Gasteiger partial charge in [0.2, 0.25) is 0 Å². The van der Waals surface area contributed by atoms with Gasteiger partial charge in [0.05, 0.1) is 12.7 Å². The van der Waals surface area contributed by atoms with Crippen LogP contribution in [0, 0.1) is 17.8 Å². The molecule has 160 valence electrons. The number of allylic oxidation sites excluding steroid dienone is 5. The van der Waals surface area contributed by atoms with Gasteiger partial charge in [-0.25, -0.2) is 0 Å². The summed E-state index contributed by atoms with van der Waals surface area (Å²) in [6, 6.07) is 0. The lowest BCUT2D eigenvalue weighted by atomic mass is 9.90. The Labute approximate surface area is 172 Å². The van der Waals surface area contributed by atoms with Crippen molar-refractivity contribution < 1.29 is 15.3 Å². The smallest absolute Gasteiger partial charge is 0.131 e. The van der Waals surface area contributed by atoms with Gasteiger partial charge in [-0.15, -0.1) is 13.2 Å². The first kappa shape index (κ1) is 24.9. The molecule has 1 saturated carbocycles. The van der Waals surface area contributed by atoms with Gasteiger partial charge in [0.25, 0.3) is 0 Å². The van der Waals surface area contributed by atoms with Gasteiger partial charge in [-0.05, 0) is 62.7 Å². The van der Waals surface area contributed by atoms with Crippen molar-refractivity contribution in [2.24, 2.45) is 17.8 Å². The van der Waals surface area contributed by atoms with Crippen molar-refractivity contribution in [1.82, 2.24) is 0 Å². The third-order valence-electron chi connectivity index (χ3n) is 6.20. The first-order valence-corrected chi connectivity index (χ1v) is 11.1. The largest absolute Gasteiger partial charge is 0.393 e. The van der Waals surface area contributed by atoms with Gasteiger partial charge in [-0.3, -0.25) is 0 Å². The molecule has 0 heterocycles. The second-order valence-electron chi connectivity index (χ2n) is 8.31. The molecule has 3 N–H and O–H groups in total. The maximum atomic E-state index is 10.0. The molecule has 0 bridgehead atoms. The maximum absolute atomic E-state index is 10.0. The molecule has 0 aromatic rings. The van der Waals surface area contributed by atoms with Crippen molar-refractivity contribution in [1.29, 1.82) is 0 Å². The predicted octanol–water partition coefficient (Wildman–Crippen LogP) is 5.34. The Bertz CT molecular complexity index is 496. The van der Waals surface area contributed by atoms with E-state index in [1.165, 1.54) is 44.6 Å². The van der Waals surface area contributed by atoms with Crippen molar-refractivity contribution in [2.45, 2.75) is 82.8 Å². The summed E-state index contributed by atoms with van der Waals surface area (Å²) < 4.78 is 0. The van der Waals surface area contributed by atoms with Crippen LogP contribution >= 0.6 is 0 Å². The number of rotatable bonds is 15. The number of aliphatic hydroxyl groups excluding tert-OH is 2. The monoisotopic (exact) mass is 390 g/mol. The van der Waals surface area contributed by atoms with Crippen LogP contribution in [-0.4, -0.2) is 33.6 Å². The summed E-state index contributed by atoms with van der Waals surface area (Å²) in [6.07, 6.45) is 22.3. The highest BCUT2D eigenvalue weighted by atomic mass is 16.4. The molecular formula is C25H42O3. The van der Waals surface area contributed by atoms with E-state index in [1.807, 2.05) is 0 Å². The fraction of sp³-hybridized carbons (Fsp3) is 0.680. The molecule has 1 aliphatic carbocycles. The number of hydrogen-bond donors (Lipinski definition) is 3. The summed E-state index contributed by atoms with van der Waals surface area (Å²) in [5.74, 6) is 1.99. The molecule has 2 unspecified atom stereocenters. The van der Waals surface area contributed by atoms with Gasteiger partial charge < -0.3 is 15.3 Å². The molecule has 0 radical (unpaired) electrons. The lowest BCUT2D eigenvalue weighted by Gasteiger charge is -2.27. The molecule has 1 fully saturated rings. The zero-order valence-electron chi connectivity index (χ0n) is 17.8. The molecule has 0 aromatic carbocycles. The minimum absolute atomic E-state index is 0.411. The Morgan fingerprint density at radius 2 is 1.93 bits per heavy atom. The molecule has 0 aliphatic heterocycles. The maximum Gasteiger partial charge on any atom is 0.131 e. The van der Waals surface area contributed by atoms with Crippen molar-refractivity contribution in [3.63, 3.8) is 0 Å². The molecule has 1 rings (SSSR count). The molecule has 0 spiro atoms. The highest BCUT2D eigenvalue weighted by Gasteiger charge is 2.30. The molecule has 0 saturated heterocycles. The van der Waals surface area contributed by atoms with Crippen LogP contribution in [0.15, 0.2) is 49.6 Å². The molecule has 1 aliphatic rings. The Hall–Kier alpha value is -1.16. The minimum Gasteiger partial charge on any atom is -0.393 e. The normalized spacial score (nSPS) is 24.4. The van der Waals surface area contributed by atoms with Gasteiger partial charge in [0.15, 0.2) is 0 Å². The van der Waals surface area contributed by atoms with Crippen LogP contribution in [0.4, 0.5) is 0 Å². The van der Waals surface area contributed by atoms with Crippen LogP contribution in [-0.2, 0) is 0 Å². The number of aliphatic hydroxyl groups is 3. The summed E-state index contributed by atoms with van der Waals surface area (Å²) in [6.45, 7) is 9.19. The van der Waals surface area contributed by atoms with Crippen molar-refractivity contribution in [2.75, 3.05) is 6.61 Å². The standard InChI is InChI=1S/C25H42O3/c1-4-7-13-21(5-2)14-11-16-23-18-12-17-22(23)15-9-8-10-19-24(27)25(28,6-3)20-26/h5-6,8-9,11,16,21-24,26-28H,2-4,7,10,12-15,17-20H2,1H3/b9-8-,16-11+/t21-,22-,23-,24?,25?/m0/s1. The van der Waals surface area contributed by atoms with Crippen LogP contribution in [0.2, 0.25) is 0 Å². The summed E-state index contributed by atoms with van der Waals surface area (Å²) in [5.41, 5.74) is -1.60. The lowest BCUT2D eigenvalue weighted by molar-refractivity contribution is -0.0731. The van der Waals surface area contributed by atoms with Crippen molar-refractivity contribution in [3.8, 4) is 0 Å². The lowest BCUT2D eigenvalue weighted by Crippen LogP contribution is -2.43. The Morgan fingerprint density at radius 3 is 2.57 bits per heavy atom. The fourth-order valence-electron chi connectivity index (χ4n) is 4.04. The zero-order chi connectivity index (χ0) is 20.8. The molecule has 28 heavy (non-hydrogen) atoms. The quantitative estimate of drug-likeness (QED) is 0.331. The van der Waals surface area contributed by atoms with E-state index in [1.54, 1.807) is 0 Å². The van der Waals surface area contributed by atoms with Crippen LogP contribution in [0.25, 0.3) is 0 Å². The van der Waals surface area contributed by atoms with E-state index < -0.39 is 18.3 Å². The van der Waals surface area contributed by atoms with E-state index in [0.29, 0.717) is 30.6 Å². The van der Waals surface area contributed by atoms with Gasteiger partial charge in [0, 0.05) is 0 Å². The molecular weight excluding hydrogens is 348 g/mol. The van der Waals surface area contributed by atoms with Gasteiger partial charge >= 0.3 is 0 Å². The average Bonchev–Trinajstić information content (AvgIpc) is 3.16. The fourth-order valence-corrected chi connectivity index (χ4v) is 4.04. The highest BCUT2D eigenvalue weighted by molar-refractivity contribution is 5.02. The van der Waals surface area contributed by atoms with Gasteiger partial charge in [0.1, 0.15) is 5.60 Å². The van der Waals surface area contributed by atoms with Crippen LogP contribution in [0.3, 0.4) is 0 Å². The Kier molecular flexibility index (Phi) is 12.4. The highest BCUT2D eigenvalue weighted by Crippen LogP contribution is 2.35. The molecule has 5 atom stereocenters. The third-order valence-corrected chi connectivity index (χ3v) is 6.20. The minimum atomic E-state index is -1.60. The third kappa shape index (κ3) is 8.46. The average molecular weight is 391 g/mol. The van der Waals surface area contributed by atoms with Gasteiger partial charge in [-0.2, -0.15) is 0 Å². The van der Waals surface area contributed by atoms with E-state index in [9.17, 15) is 15.3 Å². The van der Waals surface area contributed by atoms with E-state index >= 15 is 0 Å². The van der Waals surface area contributed by atoms with E-state index in [-0.39, 0.29) is 0 Å². The second kappa shape index (κ2) is 13.9. The molecule has 3 heteroatoms. The van der Waals surface area contributed by atoms with E-state index in [0.717, 1.165) is 12.8 Å². The Balaban J connectivity index is 2.37. The van der Waals surface area contributed by atoms with Crippen molar-refractivity contribution in [3.05, 3.63) is 49.6 Å².